The van der Waals surface area contributed by atoms with Crippen molar-refractivity contribution in [1.82, 2.24) is 5.32 Å². The summed E-state index contributed by atoms with van der Waals surface area (Å²) in [7, 11) is 0. The molecule has 0 spiro atoms. The Morgan fingerprint density at radius 1 is 1.35 bits per heavy atom. The summed E-state index contributed by atoms with van der Waals surface area (Å²) >= 11 is 0. The zero-order valence-corrected chi connectivity index (χ0v) is 13.2. The number of amides is 1. The molecule has 0 aliphatic carbocycles. The quantitative estimate of drug-likeness (QED) is 0.760. The summed E-state index contributed by atoms with van der Waals surface area (Å²) in [6, 6.07) is 7.86. The van der Waals surface area contributed by atoms with Crippen molar-refractivity contribution >= 4 is 18.3 Å². The molecule has 0 heterocycles. The van der Waals surface area contributed by atoms with E-state index >= 15 is 0 Å². The van der Waals surface area contributed by atoms with Crippen molar-refractivity contribution in [3.8, 4) is 5.75 Å². The van der Waals surface area contributed by atoms with Gasteiger partial charge in [0.2, 0.25) is 0 Å². The molecule has 0 fully saturated rings. The monoisotopic (exact) mass is 300 g/mol. The second-order valence-corrected chi connectivity index (χ2v) is 4.92. The van der Waals surface area contributed by atoms with Crippen LogP contribution in [-0.4, -0.2) is 25.1 Å². The molecule has 0 saturated carbocycles. The van der Waals surface area contributed by atoms with Crippen LogP contribution in [0.15, 0.2) is 24.3 Å². The highest BCUT2D eigenvalue weighted by molar-refractivity contribution is 5.85. The summed E-state index contributed by atoms with van der Waals surface area (Å²) in [5, 5.41) is 2.80. The van der Waals surface area contributed by atoms with Crippen molar-refractivity contribution in [1.29, 1.82) is 0 Å². The van der Waals surface area contributed by atoms with Crippen LogP contribution in [0.1, 0.15) is 38.7 Å². The van der Waals surface area contributed by atoms with Crippen LogP contribution in [0.5, 0.6) is 5.75 Å². The first kappa shape index (κ1) is 18.7. The molecule has 1 amide bonds. The molecule has 0 bridgehead atoms. The molecular weight excluding hydrogens is 276 g/mol. The van der Waals surface area contributed by atoms with E-state index in [1.54, 1.807) is 6.92 Å². The Kier molecular flexibility index (Phi) is 9.01. The average molecular weight is 301 g/mol. The average Bonchev–Trinajstić information content (AvgIpc) is 2.39. The predicted octanol–water partition coefficient (Wildman–Crippen LogP) is 2.46. The molecule has 1 atom stereocenters. The minimum absolute atomic E-state index is 0. The zero-order chi connectivity index (χ0) is 14.3. The summed E-state index contributed by atoms with van der Waals surface area (Å²) in [5.74, 6) is 1.06. The number of carbonyl (C=O) groups is 1. The second kappa shape index (κ2) is 9.61. The molecule has 0 aliphatic rings. The largest absolute Gasteiger partial charge is 0.481 e. The van der Waals surface area contributed by atoms with E-state index in [1.807, 2.05) is 18.2 Å². The number of ether oxygens (including phenoxy) is 1. The molecule has 1 aromatic rings. The van der Waals surface area contributed by atoms with E-state index in [0.717, 1.165) is 12.2 Å². The number of rotatable bonds is 7. The number of halogens is 1. The molecule has 0 aromatic heterocycles. The van der Waals surface area contributed by atoms with E-state index in [9.17, 15) is 4.79 Å². The number of hydrogen-bond acceptors (Lipinski definition) is 3. The Morgan fingerprint density at radius 2 is 2.05 bits per heavy atom. The van der Waals surface area contributed by atoms with Crippen LogP contribution >= 0.6 is 12.4 Å². The Hall–Kier alpha value is -1.26. The smallest absolute Gasteiger partial charge is 0.260 e. The van der Waals surface area contributed by atoms with Gasteiger partial charge in [-0.05, 0) is 43.5 Å². The van der Waals surface area contributed by atoms with Crippen LogP contribution in [-0.2, 0) is 4.79 Å². The normalized spacial score (nSPS) is 11.7. The van der Waals surface area contributed by atoms with Crippen LogP contribution in [0.25, 0.3) is 0 Å². The van der Waals surface area contributed by atoms with E-state index in [-0.39, 0.29) is 18.3 Å². The van der Waals surface area contributed by atoms with E-state index in [2.05, 4.69) is 25.2 Å². The van der Waals surface area contributed by atoms with Crippen molar-refractivity contribution in [3.05, 3.63) is 29.8 Å². The van der Waals surface area contributed by atoms with Crippen LogP contribution in [0, 0.1) is 0 Å². The lowest BCUT2D eigenvalue weighted by molar-refractivity contribution is -0.127. The topological polar surface area (TPSA) is 64.3 Å². The van der Waals surface area contributed by atoms with E-state index in [0.29, 0.717) is 19.0 Å². The summed E-state index contributed by atoms with van der Waals surface area (Å²) in [4.78, 5) is 11.8. The first-order valence-electron chi connectivity index (χ1n) is 6.79. The first-order valence-corrected chi connectivity index (χ1v) is 6.79. The van der Waals surface area contributed by atoms with Gasteiger partial charge in [-0.3, -0.25) is 4.79 Å². The molecule has 1 aromatic carbocycles. The third-order valence-corrected chi connectivity index (χ3v) is 2.89. The fourth-order valence-electron chi connectivity index (χ4n) is 1.66. The molecule has 3 N–H and O–H groups in total. The number of hydrogen-bond donors (Lipinski definition) is 2. The van der Waals surface area contributed by atoms with E-state index < -0.39 is 6.10 Å². The minimum atomic E-state index is -0.500. The lowest BCUT2D eigenvalue weighted by Gasteiger charge is -2.16. The molecule has 1 unspecified atom stereocenters. The van der Waals surface area contributed by atoms with Gasteiger partial charge in [-0.15, -0.1) is 12.4 Å². The summed E-state index contributed by atoms with van der Waals surface area (Å²) in [5.41, 5.74) is 6.58. The van der Waals surface area contributed by atoms with Crippen molar-refractivity contribution in [3.63, 3.8) is 0 Å². The third kappa shape index (κ3) is 6.26. The zero-order valence-electron chi connectivity index (χ0n) is 12.4. The maximum absolute atomic E-state index is 11.8. The summed E-state index contributed by atoms with van der Waals surface area (Å²) in [6.07, 6.45) is 0.279. The Morgan fingerprint density at radius 3 is 2.65 bits per heavy atom. The van der Waals surface area contributed by atoms with Crippen LogP contribution in [0.2, 0.25) is 0 Å². The van der Waals surface area contributed by atoms with Crippen molar-refractivity contribution in [2.45, 2.75) is 39.2 Å². The molecule has 0 radical (unpaired) electrons. The molecule has 114 valence electrons. The van der Waals surface area contributed by atoms with E-state index in [1.165, 1.54) is 5.56 Å². The number of benzene rings is 1. The molecule has 4 nitrogen and oxygen atoms in total. The SMILES string of the molecule is CC(Oc1cccc(C(C)C)c1)C(=O)NCCCN.Cl. The van der Waals surface area contributed by atoms with Gasteiger partial charge >= 0.3 is 0 Å². The van der Waals surface area contributed by atoms with Crippen LogP contribution in [0.3, 0.4) is 0 Å². The van der Waals surface area contributed by atoms with Crippen molar-refractivity contribution < 1.29 is 9.53 Å². The first-order chi connectivity index (χ1) is 9.04. The maximum Gasteiger partial charge on any atom is 0.260 e. The molecule has 0 saturated heterocycles. The van der Waals surface area contributed by atoms with Gasteiger partial charge in [-0.1, -0.05) is 26.0 Å². The van der Waals surface area contributed by atoms with Crippen LogP contribution in [0.4, 0.5) is 0 Å². The third-order valence-electron chi connectivity index (χ3n) is 2.89. The Balaban J connectivity index is 0.00000361. The number of nitrogens with two attached hydrogens (primary N) is 1. The standard InChI is InChI=1S/C15H24N2O2.ClH/c1-11(2)13-6-4-7-14(10-13)19-12(3)15(18)17-9-5-8-16;/h4,6-7,10-12H,5,8-9,16H2,1-3H3,(H,17,18);1H. The van der Waals surface area contributed by atoms with Gasteiger partial charge in [0, 0.05) is 6.54 Å². The lowest BCUT2D eigenvalue weighted by atomic mass is 10.0. The Labute approximate surface area is 127 Å². The van der Waals surface area contributed by atoms with Gasteiger partial charge in [0.05, 0.1) is 0 Å². The van der Waals surface area contributed by atoms with Crippen molar-refractivity contribution in [2.24, 2.45) is 5.73 Å². The van der Waals surface area contributed by atoms with Crippen LogP contribution < -0.4 is 15.8 Å². The second-order valence-electron chi connectivity index (χ2n) is 4.92. The Bertz CT molecular complexity index is 411. The highest BCUT2D eigenvalue weighted by Gasteiger charge is 2.14. The fourth-order valence-corrected chi connectivity index (χ4v) is 1.66. The van der Waals surface area contributed by atoms with Crippen molar-refractivity contribution in [2.75, 3.05) is 13.1 Å². The van der Waals surface area contributed by atoms with Gasteiger partial charge < -0.3 is 15.8 Å². The highest BCUT2D eigenvalue weighted by atomic mass is 35.5. The molecular formula is C15H25ClN2O2. The minimum Gasteiger partial charge on any atom is -0.481 e. The lowest BCUT2D eigenvalue weighted by Crippen LogP contribution is -2.37. The maximum atomic E-state index is 11.8. The van der Waals surface area contributed by atoms with E-state index in [4.69, 9.17) is 10.5 Å². The number of carbonyl (C=O) groups excluding carboxylic acids is 1. The summed E-state index contributed by atoms with van der Waals surface area (Å²) < 4.78 is 5.65. The highest BCUT2D eigenvalue weighted by Crippen LogP contribution is 2.20. The van der Waals surface area contributed by atoms with Gasteiger partial charge in [0.15, 0.2) is 6.10 Å². The fraction of sp³-hybridized carbons (Fsp3) is 0.533. The van der Waals surface area contributed by atoms with Gasteiger partial charge in [0.1, 0.15) is 5.75 Å². The van der Waals surface area contributed by atoms with Gasteiger partial charge in [-0.2, -0.15) is 0 Å². The summed E-state index contributed by atoms with van der Waals surface area (Å²) in [6.45, 7) is 7.17. The van der Waals surface area contributed by atoms with Gasteiger partial charge in [0.25, 0.3) is 5.91 Å². The molecule has 20 heavy (non-hydrogen) atoms. The predicted molar refractivity (Wildman–Crippen MR) is 84.6 cm³/mol. The molecule has 1 rings (SSSR count). The number of nitrogens with one attached hydrogen (secondary N) is 1. The molecule has 5 heteroatoms. The van der Waals surface area contributed by atoms with Gasteiger partial charge in [-0.25, -0.2) is 0 Å². The molecule has 0 aliphatic heterocycles.